The molecule has 0 fully saturated rings. The van der Waals surface area contributed by atoms with E-state index >= 15 is 0 Å². The number of nitrogens with one attached hydrogen (secondary N) is 2. The highest BCUT2D eigenvalue weighted by Gasteiger charge is 2.17. The number of rotatable bonds is 6. The van der Waals surface area contributed by atoms with Gasteiger partial charge in [-0.1, -0.05) is 78.3 Å². The Kier molecular flexibility index (Phi) is 6.61. The monoisotopic (exact) mass is 530 g/mol. The number of carbonyl (C=O) groups excluding carboxylic acids is 1. The molecule has 0 saturated carbocycles. The van der Waals surface area contributed by atoms with Gasteiger partial charge in [0, 0.05) is 34.6 Å². The van der Waals surface area contributed by atoms with Crippen molar-refractivity contribution < 1.29 is 4.79 Å². The molecule has 0 saturated heterocycles. The summed E-state index contributed by atoms with van der Waals surface area (Å²) < 4.78 is 0. The third-order valence-electron chi connectivity index (χ3n) is 6.63. The van der Waals surface area contributed by atoms with Gasteiger partial charge in [-0.3, -0.25) is 14.6 Å². The maximum Gasteiger partial charge on any atom is 0.262 e. The minimum Gasteiger partial charge on any atom is -0.352 e. The van der Waals surface area contributed by atoms with Gasteiger partial charge >= 0.3 is 0 Å². The van der Waals surface area contributed by atoms with E-state index in [4.69, 9.17) is 16.6 Å². The predicted molar refractivity (Wildman–Crippen MR) is 156 cm³/mol. The molecule has 0 unspecified atom stereocenters. The topological polar surface area (TPSA) is 87.7 Å². The lowest BCUT2D eigenvalue weighted by atomic mass is 9.96. The first-order valence-corrected chi connectivity index (χ1v) is 12.9. The summed E-state index contributed by atoms with van der Waals surface area (Å²) in [5, 5.41) is 4.93. The quantitative estimate of drug-likeness (QED) is 0.260. The summed E-state index contributed by atoms with van der Waals surface area (Å²) in [6, 6.07) is 30.9. The van der Waals surface area contributed by atoms with Gasteiger partial charge in [0.2, 0.25) is 0 Å². The Morgan fingerprint density at radius 3 is 2.41 bits per heavy atom. The van der Waals surface area contributed by atoms with Gasteiger partial charge in [-0.2, -0.15) is 0 Å². The number of fused-ring (bicyclic) bond motifs is 2. The zero-order valence-electron chi connectivity index (χ0n) is 20.8. The van der Waals surface area contributed by atoms with E-state index in [2.05, 4.69) is 15.3 Å². The second kappa shape index (κ2) is 10.5. The van der Waals surface area contributed by atoms with E-state index in [0.717, 1.165) is 33.2 Å². The lowest BCUT2D eigenvalue weighted by Crippen LogP contribution is -2.31. The molecular weight excluding hydrogens is 508 g/mol. The molecule has 6 rings (SSSR count). The Labute approximate surface area is 229 Å². The first kappa shape index (κ1) is 24.5. The molecule has 0 aliphatic heterocycles. The Morgan fingerprint density at radius 1 is 0.846 bits per heavy atom. The molecule has 190 valence electrons. The SMILES string of the molecule is O=C(NCCc1ccccc1)c1cc2cc(-c3cc(Cl)c4ncccc4c3)c(-c3ccccc3)nc2[nH]c1=O. The van der Waals surface area contributed by atoms with Gasteiger partial charge in [-0.25, -0.2) is 4.98 Å². The van der Waals surface area contributed by atoms with Gasteiger partial charge in [0.05, 0.1) is 16.2 Å². The first-order valence-electron chi connectivity index (χ1n) is 12.6. The van der Waals surface area contributed by atoms with Gasteiger partial charge < -0.3 is 10.3 Å². The summed E-state index contributed by atoms with van der Waals surface area (Å²) in [7, 11) is 0. The smallest absolute Gasteiger partial charge is 0.262 e. The van der Waals surface area contributed by atoms with E-state index in [1.807, 2.05) is 91.0 Å². The van der Waals surface area contributed by atoms with Crippen LogP contribution in [0, 0.1) is 0 Å². The van der Waals surface area contributed by atoms with Crippen LogP contribution in [0.3, 0.4) is 0 Å². The zero-order chi connectivity index (χ0) is 26.8. The lowest BCUT2D eigenvalue weighted by Gasteiger charge is -2.13. The number of hydrogen-bond acceptors (Lipinski definition) is 4. The van der Waals surface area contributed by atoms with Crippen LogP contribution in [0.5, 0.6) is 0 Å². The normalized spacial score (nSPS) is 11.1. The number of aromatic nitrogens is 3. The van der Waals surface area contributed by atoms with Crippen LogP contribution in [0.2, 0.25) is 5.02 Å². The summed E-state index contributed by atoms with van der Waals surface area (Å²) in [5.41, 5.74) is 5.04. The summed E-state index contributed by atoms with van der Waals surface area (Å²) in [6.07, 6.45) is 2.38. The van der Waals surface area contributed by atoms with Gasteiger partial charge in [0.15, 0.2) is 0 Å². The molecule has 2 N–H and O–H groups in total. The average Bonchev–Trinajstić information content (AvgIpc) is 2.97. The molecule has 3 aromatic heterocycles. The van der Waals surface area contributed by atoms with Gasteiger partial charge in [0.1, 0.15) is 11.2 Å². The van der Waals surface area contributed by atoms with Gasteiger partial charge in [0.25, 0.3) is 11.5 Å². The number of carbonyl (C=O) groups is 1. The highest BCUT2D eigenvalue weighted by molar-refractivity contribution is 6.35. The Hall–Kier alpha value is -4.81. The van der Waals surface area contributed by atoms with E-state index in [0.29, 0.717) is 34.7 Å². The molecule has 3 heterocycles. The third-order valence-corrected chi connectivity index (χ3v) is 6.92. The fraction of sp³-hybridized carbons (Fsp3) is 0.0625. The number of nitrogens with zero attached hydrogens (tertiary/aromatic N) is 2. The standard InChI is InChI=1S/C32H23ClN4O2/c33-27-19-23(16-22-12-7-14-34-29(22)27)25-17-24-18-26(31(38)35-15-13-20-8-3-1-4-9-20)32(39)37-30(24)36-28(25)21-10-5-2-6-11-21/h1-12,14,16-19H,13,15H2,(H,35,38)(H,36,37,39). The second-order valence-corrected chi connectivity index (χ2v) is 9.63. The Morgan fingerprint density at radius 2 is 1.62 bits per heavy atom. The Bertz CT molecular complexity index is 1890. The van der Waals surface area contributed by atoms with Crippen LogP contribution in [-0.4, -0.2) is 27.4 Å². The van der Waals surface area contributed by atoms with Crippen LogP contribution >= 0.6 is 11.6 Å². The predicted octanol–water partition coefficient (Wildman–Crippen LogP) is 6.43. The van der Waals surface area contributed by atoms with Crippen LogP contribution in [0.4, 0.5) is 0 Å². The average molecular weight is 531 g/mol. The maximum absolute atomic E-state index is 13.0. The summed E-state index contributed by atoms with van der Waals surface area (Å²) in [5.74, 6) is -0.428. The molecule has 6 aromatic rings. The Balaban J connectivity index is 1.43. The van der Waals surface area contributed by atoms with Gasteiger partial charge in [-0.15, -0.1) is 0 Å². The molecule has 0 atom stereocenters. The number of amides is 1. The van der Waals surface area contributed by atoms with Crippen LogP contribution < -0.4 is 10.9 Å². The minimum atomic E-state index is -0.487. The highest BCUT2D eigenvalue weighted by atomic mass is 35.5. The fourth-order valence-electron chi connectivity index (χ4n) is 4.70. The molecule has 0 aliphatic carbocycles. The van der Waals surface area contributed by atoms with E-state index in [1.54, 1.807) is 12.3 Å². The lowest BCUT2D eigenvalue weighted by molar-refractivity contribution is 0.0953. The van der Waals surface area contributed by atoms with E-state index in [9.17, 15) is 9.59 Å². The minimum absolute atomic E-state index is 0.0384. The zero-order valence-corrected chi connectivity index (χ0v) is 21.6. The van der Waals surface area contributed by atoms with Crippen molar-refractivity contribution in [3.63, 3.8) is 0 Å². The van der Waals surface area contributed by atoms with Crippen molar-refractivity contribution >= 4 is 39.4 Å². The summed E-state index contributed by atoms with van der Waals surface area (Å²) in [4.78, 5) is 37.9. The summed E-state index contributed by atoms with van der Waals surface area (Å²) in [6.45, 7) is 0.417. The number of halogens is 1. The van der Waals surface area contributed by atoms with Crippen molar-refractivity contribution in [1.82, 2.24) is 20.3 Å². The molecule has 0 spiro atoms. The number of H-pyrrole nitrogens is 1. The van der Waals surface area contributed by atoms with Crippen LogP contribution in [0.15, 0.2) is 108 Å². The number of benzene rings is 3. The largest absolute Gasteiger partial charge is 0.352 e. The molecule has 6 nitrogen and oxygen atoms in total. The summed E-state index contributed by atoms with van der Waals surface area (Å²) >= 11 is 6.63. The molecule has 3 aromatic carbocycles. The number of aromatic amines is 1. The van der Waals surface area contributed by atoms with Crippen LogP contribution in [0.25, 0.3) is 44.3 Å². The highest BCUT2D eigenvalue weighted by Crippen LogP contribution is 2.36. The van der Waals surface area contributed by atoms with Crippen molar-refractivity contribution in [2.24, 2.45) is 0 Å². The second-order valence-electron chi connectivity index (χ2n) is 9.23. The van der Waals surface area contributed by atoms with Crippen LogP contribution in [-0.2, 0) is 6.42 Å². The molecule has 0 radical (unpaired) electrons. The fourth-order valence-corrected chi connectivity index (χ4v) is 4.98. The molecule has 1 amide bonds. The van der Waals surface area contributed by atoms with E-state index in [1.165, 1.54) is 0 Å². The number of pyridine rings is 3. The van der Waals surface area contributed by atoms with Crippen molar-refractivity contribution in [1.29, 1.82) is 0 Å². The van der Waals surface area contributed by atoms with Crippen molar-refractivity contribution in [3.8, 4) is 22.4 Å². The molecular formula is C32H23ClN4O2. The van der Waals surface area contributed by atoms with E-state index < -0.39 is 11.5 Å². The number of hydrogen-bond donors (Lipinski definition) is 2. The van der Waals surface area contributed by atoms with Crippen molar-refractivity contribution in [2.45, 2.75) is 6.42 Å². The molecule has 0 aliphatic rings. The maximum atomic E-state index is 13.0. The molecule has 7 heteroatoms. The van der Waals surface area contributed by atoms with E-state index in [-0.39, 0.29) is 5.56 Å². The van der Waals surface area contributed by atoms with Gasteiger partial charge in [-0.05, 0) is 47.9 Å². The third kappa shape index (κ3) is 5.02. The first-order chi connectivity index (χ1) is 19.1. The van der Waals surface area contributed by atoms with Crippen molar-refractivity contribution in [2.75, 3.05) is 6.54 Å². The molecule has 0 bridgehead atoms. The molecule has 39 heavy (non-hydrogen) atoms. The van der Waals surface area contributed by atoms with Crippen molar-refractivity contribution in [3.05, 3.63) is 130 Å². The van der Waals surface area contributed by atoms with Crippen LogP contribution in [0.1, 0.15) is 15.9 Å².